The second-order valence-corrected chi connectivity index (χ2v) is 4.20. The number of nitrogens with one attached hydrogen (secondary N) is 1. The van der Waals surface area contributed by atoms with Crippen LogP contribution < -0.4 is 5.73 Å². The van der Waals surface area contributed by atoms with E-state index < -0.39 is 0 Å². The number of nitrogen functional groups attached to an aromatic ring is 1. The van der Waals surface area contributed by atoms with Gasteiger partial charge in [-0.2, -0.15) is 0 Å². The minimum Gasteiger partial charge on any atom is -0.397 e. The molecule has 0 radical (unpaired) electrons. The lowest BCUT2D eigenvalue weighted by molar-refractivity contribution is 0.0610. The summed E-state index contributed by atoms with van der Waals surface area (Å²) in [6.45, 7) is 3.85. The maximum Gasteiger partial charge on any atom is 0.270 e. The van der Waals surface area contributed by atoms with Gasteiger partial charge in [0.05, 0.1) is 6.61 Å². The predicted octanol–water partition coefficient (Wildman–Crippen LogP) is -0.653. The summed E-state index contributed by atoms with van der Waals surface area (Å²) >= 11 is 0. The Kier molecular flexibility index (Phi) is 3.65. The molecule has 2 heterocycles. The smallest absolute Gasteiger partial charge is 0.270 e. The molecule has 0 spiro atoms. The zero-order chi connectivity index (χ0) is 12.3. The van der Waals surface area contributed by atoms with Gasteiger partial charge in [-0.15, -0.1) is 0 Å². The van der Waals surface area contributed by atoms with Gasteiger partial charge in [0.1, 0.15) is 5.69 Å². The van der Waals surface area contributed by atoms with Crippen LogP contribution >= 0.6 is 0 Å². The van der Waals surface area contributed by atoms with Gasteiger partial charge in [0.25, 0.3) is 5.91 Å². The maximum absolute atomic E-state index is 12.0. The van der Waals surface area contributed by atoms with Crippen molar-refractivity contribution in [3.8, 4) is 0 Å². The Bertz CT molecular complexity index is 383. The van der Waals surface area contributed by atoms with Crippen LogP contribution in [-0.4, -0.2) is 65.1 Å². The maximum atomic E-state index is 12.0. The van der Waals surface area contributed by atoms with Gasteiger partial charge >= 0.3 is 0 Å². The van der Waals surface area contributed by atoms with Crippen LogP contribution in [0.1, 0.15) is 10.5 Å². The predicted molar refractivity (Wildman–Crippen MR) is 64.6 cm³/mol. The molecule has 6 nitrogen and oxygen atoms in total. The number of β-amino-alcohol motifs (C(OH)–C–C–N with tert-alkyl or cyclic N) is 1. The highest BCUT2D eigenvalue weighted by molar-refractivity contribution is 5.93. The second kappa shape index (κ2) is 5.20. The van der Waals surface area contributed by atoms with Crippen LogP contribution in [0.4, 0.5) is 5.69 Å². The Labute approximate surface area is 100 Å². The zero-order valence-electron chi connectivity index (χ0n) is 9.72. The Morgan fingerprint density at radius 1 is 1.41 bits per heavy atom. The third-order valence-electron chi connectivity index (χ3n) is 3.01. The van der Waals surface area contributed by atoms with Crippen LogP contribution in [0.5, 0.6) is 0 Å². The van der Waals surface area contributed by atoms with Crippen molar-refractivity contribution in [1.82, 2.24) is 14.8 Å². The van der Waals surface area contributed by atoms with Crippen LogP contribution in [0.3, 0.4) is 0 Å². The van der Waals surface area contributed by atoms with E-state index >= 15 is 0 Å². The highest BCUT2D eigenvalue weighted by atomic mass is 16.3. The Morgan fingerprint density at radius 2 is 2.12 bits per heavy atom. The van der Waals surface area contributed by atoms with Crippen molar-refractivity contribution in [2.45, 2.75) is 0 Å². The number of piperazine rings is 1. The van der Waals surface area contributed by atoms with Crippen molar-refractivity contribution in [1.29, 1.82) is 0 Å². The number of aromatic nitrogens is 1. The molecule has 0 aromatic carbocycles. The van der Waals surface area contributed by atoms with Crippen molar-refractivity contribution >= 4 is 11.6 Å². The Hall–Kier alpha value is -1.53. The number of nitrogens with two attached hydrogens (primary N) is 1. The quantitative estimate of drug-likeness (QED) is 0.653. The number of aliphatic hydroxyl groups excluding tert-OH is 1. The molecule has 0 aliphatic carbocycles. The third-order valence-corrected chi connectivity index (χ3v) is 3.01. The molecular formula is C11H18N4O2. The first-order valence-corrected chi connectivity index (χ1v) is 5.77. The Morgan fingerprint density at radius 3 is 2.65 bits per heavy atom. The molecule has 1 fully saturated rings. The van der Waals surface area contributed by atoms with E-state index in [4.69, 9.17) is 10.8 Å². The van der Waals surface area contributed by atoms with Crippen molar-refractivity contribution in [2.24, 2.45) is 0 Å². The zero-order valence-corrected chi connectivity index (χ0v) is 9.72. The number of carbonyl (C=O) groups excluding carboxylic acids is 1. The SMILES string of the molecule is Nc1c[nH]c(C(=O)N2CCN(CCO)CC2)c1. The fourth-order valence-electron chi connectivity index (χ4n) is 2.02. The lowest BCUT2D eigenvalue weighted by Crippen LogP contribution is -2.49. The summed E-state index contributed by atoms with van der Waals surface area (Å²) in [6, 6.07) is 1.66. The number of carbonyl (C=O) groups is 1. The van der Waals surface area contributed by atoms with Crippen LogP contribution in [0.15, 0.2) is 12.3 Å². The second-order valence-electron chi connectivity index (χ2n) is 4.20. The number of aromatic amines is 1. The largest absolute Gasteiger partial charge is 0.397 e. The first-order valence-electron chi connectivity index (χ1n) is 5.77. The average molecular weight is 238 g/mol. The standard InChI is InChI=1S/C11H18N4O2/c12-9-7-10(13-8-9)11(17)15-3-1-14(2-4-15)5-6-16/h7-8,13,16H,1-6,12H2. The molecule has 1 aliphatic heterocycles. The summed E-state index contributed by atoms with van der Waals surface area (Å²) in [5, 5.41) is 8.83. The molecule has 17 heavy (non-hydrogen) atoms. The van der Waals surface area contributed by atoms with Gasteiger partial charge in [-0.25, -0.2) is 0 Å². The molecule has 1 aromatic heterocycles. The molecule has 6 heteroatoms. The summed E-state index contributed by atoms with van der Waals surface area (Å²) in [6.07, 6.45) is 1.62. The number of H-pyrrole nitrogens is 1. The van der Waals surface area contributed by atoms with Crippen LogP contribution in [0.2, 0.25) is 0 Å². The molecule has 0 saturated carbocycles. The van der Waals surface area contributed by atoms with Gasteiger partial charge in [-0.1, -0.05) is 0 Å². The lowest BCUT2D eigenvalue weighted by atomic mass is 10.2. The first kappa shape index (κ1) is 11.9. The van der Waals surface area contributed by atoms with E-state index in [1.54, 1.807) is 17.2 Å². The summed E-state index contributed by atoms with van der Waals surface area (Å²) in [4.78, 5) is 18.9. The number of hydrogen-bond donors (Lipinski definition) is 3. The molecule has 0 atom stereocenters. The normalized spacial score (nSPS) is 17.4. The lowest BCUT2D eigenvalue weighted by Gasteiger charge is -2.34. The van der Waals surface area contributed by atoms with Gasteiger partial charge in [0.2, 0.25) is 0 Å². The Balaban J connectivity index is 1.90. The highest BCUT2D eigenvalue weighted by Crippen LogP contribution is 2.10. The van der Waals surface area contributed by atoms with Crippen molar-refractivity contribution < 1.29 is 9.90 Å². The monoisotopic (exact) mass is 238 g/mol. The van der Waals surface area contributed by atoms with E-state index in [1.165, 1.54) is 0 Å². The molecule has 1 amide bonds. The molecule has 4 N–H and O–H groups in total. The number of hydrogen-bond acceptors (Lipinski definition) is 4. The van der Waals surface area contributed by atoms with E-state index in [2.05, 4.69) is 9.88 Å². The van der Waals surface area contributed by atoms with Gasteiger partial charge < -0.3 is 20.7 Å². The number of nitrogens with zero attached hydrogens (tertiary/aromatic N) is 2. The first-order chi connectivity index (χ1) is 8.20. The number of amides is 1. The summed E-state index contributed by atoms with van der Waals surface area (Å²) < 4.78 is 0. The van der Waals surface area contributed by atoms with E-state index in [9.17, 15) is 4.79 Å². The van der Waals surface area contributed by atoms with Gasteiger partial charge in [-0.05, 0) is 6.07 Å². The molecule has 1 saturated heterocycles. The molecule has 2 rings (SSSR count). The molecule has 0 unspecified atom stereocenters. The molecular weight excluding hydrogens is 220 g/mol. The van der Waals surface area contributed by atoms with E-state index in [1.807, 2.05) is 0 Å². The number of anilines is 1. The highest BCUT2D eigenvalue weighted by Gasteiger charge is 2.22. The molecule has 1 aromatic rings. The summed E-state index contributed by atoms with van der Waals surface area (Å²) in [5.74, 6) is -0.00894. The molecule has 1 aliphatic rings. The number of aliphatic hydroxyl groups is 1. The topological polar surface area (TPSA) is 85.6 Å². The van der Waals surface area contributed by atoms with Crippen LogP contribution in [0.25, 0.3) is 0 Å². The molecule has 0 bridgehead atoms. The fourth-order valence-corrected chi connectivity index (χ4v) is 2.02. The third kappa shape index (κ3) is 2.78. The average Bonchev–Trinajstić information content (AvgIpc) is 2.76. The van der Waals surface area contributed by atoms with Gasteiger partial charge in [-0.3, -0.25) is 9.69 Å². The van der Waals surface area contributed by atoms with E-state index in [0.717, 1.165) is 13.1 Å². The van der Waals surface area contributed by atoms with Crippen molar-refractivity contribution in [3.63, 3.8) is 0 Å². The van der Waals surface area contributed by atoms with Crippen LogP contribution in [-0.2, 0) is 0 Å². The van der Waals surface area contributed by atoms with Gasteiger partial charge in [0.15, 0.2) is 0 Å². The van der Waals surface area contributed by atoms with E-state index in [0.29, 0.717) is 31.0 Å². The van der Waals surface area contributed by atoms with Gasteiger partial charge in [0, 0.05) is 44.6 Å². The minimum atomic E-state index is -0.00894. The van der Waals surface area contributed by atoms with Crippen molar-refractivity contribution in [2.75, 3.05) is 45.1 Å². The summed E-state index contributed by atoms with van der Waals surface area (Å²) in [7, 11) is 0. The molecule has 94 valence electrons. The number of rotatable bonds is 3. The minimum absolute atomic E-state index is 0.00894. The van der Waals surface area contributed by atoms with Crippen LogP contribution in [0, 0.1) is 0 Å². The fraction of sp³-hybridized carbons (Fsp3) is 0.545. The van der Waals surface area contributed by atoms with Crippen molar-refractivity contribution in [3.05, 3.63) is 18.0 Å². The van der Waals surface area contributed by atoms with E-state index in [-0.39, 0.29) is 12.5 Å². The summed E-state index contributed by atoms with van der Waals surface area (Å²) in [5.41, 5.74) is 6.69.